The van der Waals surface area contributed by atoms with Gasteiger partial charge >= 0.3 is 58.5 Å². The minimum absolute atomic E-state index is 0. The molecule has 9 heteroatoms. The van der Waals surface area contributed by atoms with Crippen LogP contribution in [0.3, 0.4) is 0 Å². The third-order valence-electron chi connectivity index (χ3n) is 24.3. The van der Waals surface area contributed by atoms with Gasteiger partial charge in [-0.2, -0.15) is 0 Å². The maximum atomic E-state index is 9.20. The van der Waals surface area contributed by atoms with Gasteiger partial charge in [-0.25, -0.2) is 0 Å². The van der Waals surface area contributed by atoms with Crippen LogP contribution in [-0.2, 0) is 9.31 Å². The molecule has 5 aliphatic rings. The van der Waals surface area contributed by atoms with Gasteiger partial charge < -0.3 is 30.3 Å². The van der Waals surface area contributed by atoms with Crippen LogP contribution in [0, 0.1) is 0 Å². The van der Waals surface area contributed by atoms with Crippen molar-refractivity contribution in [1.29, 1.82) is 0 Å². The number of anilines is 12. The van der Waals surface area contributed by atoms with Gasteiger partial charge in [0, 0.05) is 71.7 Å². The Kier molecular flexibility index (Phi) is 18.3. The molecule has 0 N–H and O–H groups in total. The molecule has 18 aromatic carbocycles. The standard InChI is InChI=1S/C54H36N2.C30H28BNO2.C30H20BrN.K.H/c1-3-15-37(16-4-1)38-27-31-42(32-28-38)56-52-26-14-12-24-48(52)44-20-8-10-22-46(44)50-34-30-40(36-54(50)56)39-29-33-49-45-21-9-7-19-43(45)47-23-11-13-25-51(47)55(53(49)35-39)41-17-5-2-6-18-41;1-29(2)30(3,4)34-31(33-29)21-18-19-26-24-15-9-8-14-23(24)25-16-10-11-17-27(25)32(28(26)20-21)22-12-6-5-7-13-22;31-23-17-18-28-26-14-5-4-13-25(26)27-15-6-7-16-29(27)32(30(28)20-23)24-12-8-11-22(19-24)21-9-2-1-3-10-21;;/h1-36H;5-20H,1-4H3;1-20H;;/q;;;+1;-1/i2D,5D,6D,17D,18D;5D,6D,7D,12D,13D;;;. The number of hydrogen-bond donors (Lipinski definition) is 0. The van der Waals surface area contributed by atoms with E-state index >= 15 is 0 Å². The van der Waals surface area contributed by atoms with Crippen molar-refractivity contribution in [2.24, 2.45) is 0 Å². The molecule has 123 heavy (non-hydrogen) atoms. The maximum absolute atomic E-state index is 9.20. The second-order valence-corrected chi connectivity index (χ2v) is 32.8. The molecule has 1 saturated heterocycles. The van der Waals surface area contributed by atoms with E-state index in [9.17, 15) is 2.74 Å². The van der Waals surface area contributed by atoms with Crippen molar-refractivity contribution in [3.8, 4) is 122 Å². The summed E-state index contributed by atoms with van der Waals surface area (Å²) in [5.41, 5.74) is 33.0. The van der Waals surface area contributed by atoms with E-state index in [-0.39, 0.29) is 113 Å². The molecule has 1 fully saturated rings. The maximum Gasteiger partial charge on any atom is 1.00 e. The van der Waals surface area contributed by atoms with E-state index in [1.807, 2.05) is 142 Å². The first-order valence-electron chi connectivity index (χ1n) is 46.1. The van der Waals surface area contributed by atoms with Crippen molar-refractivity contribution in [3.63, 3.8) is 0 Å². The van der Waals surface area contributed by atoms with E-state index in [1.165, 1.54) is 44.8 Å². The summed E-state index contributed by atoms with van der Waals surface area (Å²) in [6.07, 6.45) is 0. The zero-order valence-corrected chi connectivity index (χ0v) is 73.1. The summed E-state index contributed by atoms with van der Waals surface area (Å²) in [6, 6.07) is 127. The van der Waals surface area contributed by atoms with E-state index in [2.05, 4.69) is 293 Å². The largest absolute Gasteiger partial charge is 1.00 e. The van der Waals surface area contributed by atoms with Gasteiger partial charge in [-0.05, 0) is 214 Å². The Labute approximate surface area is 787 Å². The molecule has 0 spiro atoms. The van der Waals surface area contributed by atoms with Crippen molar-refractivity contribution in [2.75, 3.05) is 19.6 Å². The molecule has 0 radical (unpaired) electrons. The summed E-state index contributed by atoms with van der Waals surface area (Å²) in [4.78, 5) is 8.41. The van der Waals surface area contributed by atoms with Crippen LogP contribution >= 0.6 is 15.9 Å². The zero-order valence-electron chi connectivity index (χ0n) is 79.4. The Bertz CT molecular complexity index is 7630. The topological polar surface area (TPSA) is 31.4 Å². The van der Waals surface area contributed by atoms with Gasteiger partial charge in [-0.3, -0.25) is 0 Å². The van der Waals surface area contributed by atoms with Crippen molar-refractivity contribution in [3.05, 3.63) is 441 Å². The summed E-state index contributed by atoms with van der Waals surface area (Å²) in [6.45, 7) is 8.01. The van der Waals surface area contributed by atoms with Crippen LogP contribution in [0.5, 0.6) is 0 Å². The van der Waals surface area contributed by atoms with Crippen LogP contribution in [0.4, 0.5) is 68.2 Å². The number of nitrogens with zero attached hydrogens (tertiary/aromatic N) is 4. The van der Waals surface area contributed by atoms with E-state index in [4.69, 9.17) is 20.3 Å². The third-order valence-corrected chi connectivity index (χ3v) is 24.8. The van der Waals surface area contributed by atoms with Gasteiger partial charge in [0.25, 0.3) is 0 Å². The minimum atomic E-state index is -0.629. The van der Waals surface area contributed by atoms with Gasteiger partial charge in [0.2, 0.25) is 0 Å². The summed E-state index contributed by atoms with van der Waals surface area (Å²) in [5, 5.41) is 0. The fourth-order valence-corrected chi connectivity index (χ4v) is 18.2. The van der Waals surface area contributed by atoms with Crippen LogP contribution in [0.2, 0.25) is 0 Å². The molecule has 5 aliphatic heterocycles. The molecule has 0 saturated carbocycles. The second-order valence-electron chi connectivity index (χ2n) is 31.9. The predicted octanol–water partition coefficient (Wildman–Crippen LogP) is 28.7. The number of para-hydroxylation sites is 6. The molecule has 5 heterocycles. The SMILES string of the molecule is Brc1ccc2c(c1)N(c1cccc(-c3ccccc3)c1)c1ccccc1-c1ccccc1-2.[2H]c1c([2H])c([2H])c(N2c3ccccc3-c3ccccc3-c3ccc(-c4ccc5c(c4)N(c4ccc(-c6ccccc6)cc4)c4ccccc4-c4ccccc4-5)cc32)c([2H])c1[2H].[2H]c1c([2H])c([2H])c(N2c3ccccc3-c3ccccc3-c3ccc(B4OC(C)(C)C(C)(C)O4)cc32)c([2H])c1[2H].[H-].[K+]. The van der Waals surface area contributed by atoms with Crippen LogP contribution in [-0.4, -0.2) is 18.3 Å². The van der Waals surface area contributed by atoms with Crippen molar-refractivity contribution < 1.29 is 75.8 Å². The summed E-state index contributed by atoms with van der Waals surface area (Å²) in [5.74, 6) is 0. The van der Waals surface area contributed by atoms with Gasteiger partial charge in [0.15, 0.2) is 0 Å². The monoisotopic (exact) mass is 1680 g/mol. The fraction of sp³-hybridized carbons (Fsp3) is 0.0526. The molecule has 0 aliphatic carbocycles. The van der Waals surface area contributed by atoms with Gasteiger partial charge in [0.05, 0.1) is 70.4 Å². The van der Waals surface area contributed by atoms with E-state index < -0.39 is 30.4 Å². The minimum Gasteiger partial charge on any atom is -1.00 e. The summed E-state index contributed by atoms with van der Waals surface area (Å²) >= 11 is 3.72. The molecular weight excluding hydrogens is 1590 g/mol. The van der Waals surface area contributed by atoms with Crippen molar-refractivity contribution in [2.45, 2.75) is 38.9 Å². The Morgan fingerprint density at radius 1 is 0.236 bits per heavy atom. The van der Waals surface area contributed by atoms with Gasteiger partial charge in [-0.1, -0.05) is 349 Å². The number of hydrogen-bond acceptors (Lipinski definition) is 6. The first kappa shape index (κ1) is 67.9. The molecule has 18 aromatic rings. The normalized spacial score (nSPS) is 14.6. The predicted molar refractivity (Wildman–Crippen MR) is 517 cm³/mol. The van der Waals surface area contributed by atoms with Gasteiger partial charge in [0.1, 0.15) is 0 Å². The number of benzene rings is 18. The Morgan fingerprint density at radius 2 is 0.512 bits per heavy atom. The molecular formula is C114H85BBrKN4O2. The first-order chi connectivity index (χ1) is 64.1. The fourth-order valence-electron chi connectivity index (χ4n) is 17.8. The van der Waals surface area contributed by atoms with E-state index in [0.29, 0.717) is 17.1 Å². The van der Waals surface area contributed by atoms with E-state index in [0.717, 1.165) is 127 Å². The number of halogens is 1. The average molecular weight is 1680 g/mol. The smallest absolute Gasteiger partial charge is 1.00 e. The second kappa shape index (κ2) is 33.2. The molecule has 0 amide bonds. The van der Waals surface area contributed by atoms with Crippen LogP contribution < -0.4 is 76.4 Å². The molecule has 6 nitrogen and oxygen atoms in total. The van der Waals surface area contributed by atoms with Crippen molar-refractivity contribution >= 4 is 96.8 Å². The van der Waals surface area contributed by atoms with Crippen LogP contribution in [0.15, 0.2) is 441 Å². The Morgan fingerprint density at radius 3 is 0.911 bits per heavy atom. The van der Waals surface area contributed by atoms with Crippen LogP contribution in [0.1, 0.15) is 42.8 Å². The van der Waals surface area contributed by atoms with Crippen molar-refractivity contribution in [1.82, 2.24) is 0 Å². The molecule has 584 valence electrons. The Balaban J connectivity index is 0.000000137. The molecule has 0 unspecified atom stereocenters. The molecule has 0 atom stereocenters. The summed E-state index contributed by atoms with van der Waals surface area (Å²) < 4.78 is 101. The average Bonchev–Trinajstić information content (AvgIpc) is 1.55. The quantitative estimate of drug-likeness (QED) is 0.141. The zero-order chi connectivity index (χ0) is 90.7. The van der Waals surface area contributed by atoms with Crippen LogP contribution in [0.25, 0.3) is 122 Å². The molecule has 23 rings (SSSR count). The number of fused-ring (bicyclic) bond motifs is 20. The number of rotatable bonds is 8. The first-order valence-corrected chi connectivity index (χ1v) is 41.9. The third kappa shape index (κ3) is 14.5. The van der Waals surface area contributed by atoms with E-state index in [1.54, 1.807) is 4.90 Å². The molecule has 0 aromatic heterocycles. The Hall–Kier alpha value is -12.7. The van der Waals surface area contributed by atoms with Gasteiger partial charge in [-0.15, -0.1) is 0 Å². The summed E-state index contributed by atoms with van der Waals surface area (Å²) in [7, 11) is -0.629. The molecule has 0 bridgehead atoms.